The van der Waals surface area contributed by atoms with E-state index in [9.17, 15) is 18.0 Å². The summed E-state index contributed by atoms with van der Waals surface area (Å²) in [6, 6.07) is 3.47. The Balaban J connectivity index is 2.53. The smallest absolute Gasteiger partial charge is 0.376 e. The molecule has 2 rings (SSSR count). The van der Waals surface area contributed by atoms with Gasteiger partial charge in [-0.2, -0.15) is 13.2 Å². The first-order valence-electron chi connectivity index (χ1n) is 4.54. The van der Waals surface area contributed by atoms with Crippen LogP contribution in [0.4, 0.5) is 13.2 Å². The molecule has 6 heteroatoms. The predicted octanol–water partition coefficient (Wildman–Crippen LogP) is 1.61. The number of hydrogen-bond acceptors (Lipinski definition) is 2. The molecule has 0 saturated heterocycles. The fraction of sp³-hybridized carbons (Fsp3) is 0.300. The Morgan fingerprint density at radius 1 is 1.38 bits per heavy atom. The van der Waals surface area contributed by atoms with Gasteiger partial charge in [-0.3, -0.25) is 4.79 Å². The van der Waals surface area contributed by atoms with Crippen molar-refractivity contribution in [1.29, 1.82) is 0 Å². The topological polar surface area (TPSA) is 40.5 Å². The summed E-state index contributed by atoms with van der Waals surface area (Å²) < 4.78 is 37.8. The van der Waals surface area contributed by atoms with Crippen molar-refractivity contribution >= 4 is 5.91 Å². The molecule has 1 aliphatic heterocycles. The van der Waals surface area contributed by atoms with Gasteiger partial charge in [-0.05, 0) is 17.7 Å². The quantitative estimate of drug-likeness (QED) is 0.797. The van der Waals surface area contributed by atoms with Crippen LogP contribution in [0, 0.1) is 0 Å². The van der Waals surface area contributed by atoms with Crippen LogP contribution in [0.2, 0.25) is 0 Å². The molecule has 1 aromatic carbocycles. The maximum atomic E-state index is 12.6. The lowest BCUT2D eigenvalue weighted by Crippen LogP contribution is -2.24. The first-order valence-corrected chi connectivity index (χ1v) is 4.54. The van der Waals surface area contributed by atoms with Gasteiger partial charge in [0.25, 0.3) is 5.91 Å². The molecule has 1 heterocycles. The predicted molar refractivity (Wildman–Crippen MR) is 48.4 cm³/mol. The lowest BCUT2D eigenvalue weighted by molar-refractivity contribution is -0.138. The molecule has 0 aromatic heterocycles. The van der Waals surface area contributed by atoms with E-state index in [1.807, 2.05) is 0 Å². The minimum absolute atomic E-state index is 0.0175. The van der Waals surface area contributed by atoms with Crippen LogP contribution in [-0.4, -0.2) is 22.6 Å². The van der Waals surface area contributed by atoms with Crippen LogP contribution >= 0.6 is 0 Å². The number of fused-ring (bicyclic) bond motifs is 1. The molecule has 86 valence electrons. The van der Waals surface area contributed by atoms with Crippen LogP contribution in [0.25, 0.3) is 0 Å². The summed E-state index contributed by atoms with van der Waals surface area (Å²) in [7, 11) is 0. The summed E-state index contributed by atoms with van der Waals surface area (Å²) in [6.07, 6.45) is -4.48. The monoisotopic (exact) mass is 231 g/mol. The molecule has 3 nitrogen and oxygen atoms in total. The molecule has 0 fully saturated rings. The maximum Gasteiger partial charge on any atom is 0.416 e. The summed E-state index contributed by atoms with van der Waals surface area (Å²) in [5, 5.41) is 8.83. The Morgan fingerprint density at radius 3 is 2.62 bits per heavy atom. The van der Waals surface area contributed by atoms with Gasteiger partial charge in [0.2, 0.25) is 0 Å². The van der Waals surface area contributed by atoms with Crippen molar-refractivity contribution in [2.45, 2.75) is 12.7 Å². The van der Waals surface area contributed by atoms with Crippen molar-refractivity contribution in [3.05, 3.63) is 34.9 Å². The number of aliphatic hydroxyl groups is 1. The van der Waals surface area contributed by atoms with Gasteiger partial charge < -0.3 is 10.0 Å². The largest absolute Gasteiger partial charge is 0.416 e. The van der Waals surface area contributed by atoms with Crippen LogP contribution in [-0.2, 0) is 12.7 Å². The standard InChI is InChI=1S/C10H8F3NO2/c11-10(12,13)8-3-1-2-6-7(8)4-14(5-15)9(6)16/h1-3,15H,4-5H2. The van der Waals surface area contributed by atoms with Crippen LogP contribution in [0.1, 0.15) is 21.5 Å². The normalized spacial score (nSPS) is 15.5. The van der Waals surface area contributed by atoms with Gasteiger partial charge in [0.05, 0.1) is 5.56 Å². The van der Waals surface area contributed by atoms with Gasteiger partial charge in [-0.25, -0.2) is 0 Å². The van der Waals surface area contributed by atoms with Gasteiger partial charge in [0.1, 0.15) is 6.73 Å². The number of hydrogen-bond donors (Lipinski definition) is 1. The lowest BCUT2D eigenvalue weighted by Gasteiger charge is -2.12. The SMILES string of the molecule is O=C1c2cccc(C(F)(F)F)c2CN1CO. The first-order chi connectivity index (χ1) is 7.45. The fourth-order valence-corrected chi connectivity index (χ4v) is 1.77. The molecular formula is C10H8F3NO2. The number of carbonyl (C=O) groups excluding carboxylic acids is 1. The molecule has 1 N–H and O–H groups in total. The Labute approximate surface area is 89.1 Å². The molecule has 1 aromatic rings. The zero-order chi connectivity index (χ0) is 11.9. The highest BCUT2D eigenvalue weighted by molar-refractivity contribution is 5.98. The maximum absolute atomic E-state index is 12.6. The first kappa shape index (κ1) is 10.9. The highest BCUT2D eigenvalue weighted by Gasteiger charge is 2.38. The number of alkyl halides is 3. The average molecular weight is 231 g/mol. The Hall–Kier alpha value is -1.56. The molecule has 1 aliphatic rings. The van der Waals surface area contributed by atoms with E-state index in [0.29, 0.717) is 0 Å². The van der Waals surface area contributed by atoms with E-state index in [-0.39, 0.29) is 17.7 Å². The number of carbonyl (C=O) groups is 1. The van der Waals surface area contributed by atoms with E-state index in [0.717, 1.165) is 11.0 Å². The van der Waals surface area contributed by atoms with Crippen LogP contribution < -0.4 is 0 Å². The highest BCUT2D eigenvalue weighted by Crippen LogP contribution is 2.36. The number of amides is 1. The van der Waals surface area contributed by atoms with E-state index in [2.05, 4.69) is 0 Å². The lowest BCUT2D eigenvalue weighted by atomic mass is 10.0. The van der Waals surface area contributed by atoms with Crippen molar-refractivity contribution in [3.63, 3.8) is 0 Å². The molecular weight excluding hydrogens is 223 g/mol. The zero-order valence-corrected chi connectivity index (χ0v) is 8.08. The third-order valence-electron chi connectivity index (χ3n) is 2.52. The van der Waals surface area contributed by atoms with Crippen molar-refractivity contribution in [2.24, 2.45) is 0 Å². The van der Waals surface area contributed by atoms with Crippen molar-refractivity contribution in [1.82, 2.24) is 4.90 Å². The minimum Gasteiger partial charge on any atom is -0.376 e. The number of aliphatic hydroxyl groups excluding tert-OH is 1. The van der Waals surface area contributed by atoms with Gasteiger partial charge in [-0.15, -0.1) is 0 Å². The molecule has 0 radical (unpaired) electrons. The molecule has 1 amide bonds. The molecule has 0 unspecified atom stereocenters. The van der Waals surface area contributed by atoms with Crippen molar-refractivity contribution < 1.29 is 23.1 Å². The van der Waals surface area contributed by atoms with E-state index < -0.39 is 24.4 Å². The Kier molecular flexibility index (Phi) is 2.38. The summed E-state index contributed by atoms with van der Waals surface area (Å²) >= 11 is 0. The third-order valence-corrected chi connectivity index (χ3v) is 2.52. The van der Waals surface area contributed by atoms with E-state index in [1.54, 1.807) is 0 Å². The fourth-order valence-electron chi connectivity index (χ4n) is 1.77. The molecule has 0 saturated carbocycles. The molecule has 0 bridgehead atoms. The molecule has 16 heavy (non-hydrogen) atoms. The summed E-state index contributed by atoms with van der Waals surface area (Å²) in [5.74, 6) is -0.566. The van der Waals surface area contributed by atoms with Crippen molar-refractivity contribution in [2.75, 3.05) is 6.73 Å². The summed E-state index contributed by atoms with van der Waals surface area (Å²) in [4.78, 5) is 12.5. The van der Waals surface area contributed by atoms with Gasteiger partial charge in [-0.1, -0.05) is 6.07 Å². The van der Waals surface area contributed by atoms with Crippen LogP contribution in [0.5, 0.6) is 0 Å². The van der Waals surface area contributed by atoms with Crippen LogP contribution in [0.15, 0.2) is 18.2 Å². The Morgan fingerprint density at radius 2 is 2.06 bits per heavy atom. The number of halogens is 3. The number of nitrogens with zero attached hydrogens (tertiary/aromatic N) is 1. The summed E-state index contributed by atoms with van der Waals surface area (Å²) in [5.41, 5.74) is -0.854. The van der Waals surface area contributed by atoms with E-state index >= 15 is 0 Å². The molecule has 0 spiro atoms. The highest BCUT2D eigenvalue weighted by atomic mass is 19.4. The van der Waals surface area contributed by atoms with Gasteiger partial charge in [0.15, 0.2) is 0 Å². The van der Waals surface area contributed by atoms with Crippen molar-refractivity contribution in [3.8, 4) is 0 Å². The number of benzene rings is 1. The molecule has 0 aliphatic carbocycles. The van der Waals surface area contributed by atoms with E-state index in [4.69, 9.17) is 5.11 Å². The zero-order valence-electron chi connectivity index (χ0n) is 8.08. The average Bonchev–Trinajstić information content (AvgIpc) is 2.54. The van der Waals surface area contributed by atoms with Crippen LogP contribution in [0.3, 0.4) is 0 Å². The second kappa shape index (κ2) is 3.48. The second-order valence-electron chi connectivity index (χ2n) is 3.47. The second-order valence-corrected chi connectivity index (χ2v) is 3.47. The van der Waals surface area contributed by atoms with E-state index in [1.165, 1.54) is 12.1 Å². The molecule has 0 atom stereocenters. The summed E-state index contributed by atoms with van der Waals surface area (Å²) in [6.45, 7) is -0.773. The minimum atomic E-state index is -4.48. The Bertz CT molecular complexity index is 442. The van der Waals surface area contributed by atoms with Gasteiger partial charge in [0, 0.05) is 12.1 Å². The number of rotatable bonds is 1. The third kappa shape index (κ3) is 1.55. The van der Waals surface area contributed by atoms with Gasteiger partial charge >= 0.3 is 6.18 Å².